The first-order valence-electron chi connectivity index (χ1n) is 9.40. The minimum absolute atomic E-state index is 0.483. The van der Waals surface area contributed by atoms with Crippen LogP contribution in [0.15, 0.2) is 60.7 Å². The highest BCUT2D eigenvalue weighted by Gasteiger charge is 2.16. The summed E-state index contributed by atoms with van der Waals surface area (Å²) in [4.78, 5) is 4.62. The Morgan fingerprint density at radius 3 is 2.25 bits per heavy atom. The van der Waals surface area contributed by atoms with Gasteiger partial charge >= 0.3 is 0 Å². The SMILES string of the molecule is Cc1cccc(C)c1-c1ccc2c(c1)c1ccccc1c1nc(C#N)c(C)n21. The number of benzene rings is 3. The third kappa shape index (κ3) is 2.18. The van der Waals surface area contributed by atoms with Crippen LogP contribution in [0.25, 0.3) is 38.4 Å². The molecule has 3 nitrogen and oxygen atoms in total. The molecule has 0 radical (unpaired) electrons. The van der Waals surface area contributed by atoms with E-state index in [9.17, 15) is 5.26 Å². The number of aromatic nitrogens is 2. The van der Waals surface area contributed by atoms with Crippen LogP contribution in [-0.2, 0) is 0 Å². The Balaban J connectivity index is 1.98. The van der Waals surface area contributed by atoms with E-state index in [1.165, 1.54) is 27.6 Å². The van der Waals surface area contributed by atoms with Gasteiger partial charge < -0.3 is 0 Å². The summed E-state index contributed by atoms with van der Waals surface area (Å²) in [5.41, 5.74) is 8.34. The van der Waals surface area contributed by atoms with Crippen LogP contribution in [0.2, 0.25) is 0 Å². The van der Waals surface area contributed by atoms with Crippen molar-refractivity contribution in [3.05, 3.63) is 83.2 Å². The van der Waals surface area contributed by atoms with Gasteiger partial charge in [-0.05, 0) is 60.5 Å². The first-order chi connectivity index (χ1) is 13.6. The lowest BCUT2D eigenvalue weighted by Crippen LogP contribution is -1.95. The van der Waals surface area contributed by atoms with Crippen molar-refractivity contribution >= 4 is 27.3 Å². The number of nitriles is 1. The number of nitrogens with zero attached hydrogens (tertiary/aromatic N) is 3. The van der Waals surface area contributed by atoms with Crippen molar-refractivity contribution < 1.29 is 0 Å². The molecule has 2 heterocycles. The van der Waals surface area contributed by atoms with Crippen LogP contribution in [-0.4, -0.2) is 9.38 Å². The minimum atomic E-state index is 0.483. The highest BCUT2D eigenvalue weighted by Crippen LogP contribution is 2.35. The molecule has 3 aromatic carbocycles. The van der Waals surface area contributed by atoms with Gasteiger partial charge in [0.25, 0.3) is 0 Å². The van der Waals surface area contributed by atoms with E-state index >= 15 is 0 Å². The Morgan fingerprint density at radius 2 is 1.54 bits per heavy atom. The van der Waals surface area contributed by atoms with E-state index in [0.717, 1.165) is 27.6 Å². The lowest BCUT2D eigenvalue weighted by atomic mass is 9.94. The van der Waals surface area contributed by atoms with E-state index in [-0.39, 0.29) is 0 Å². The molecule has 0 bridgehead atoms. The summed E-state index contributed by atoms with van der Waals surface area (Å²) in [5.74, 6) is 0. The van der Waals surface area contributed by atoms with Crippen LogP contribution in [0, 0.1) is 32.1 Å². The summed E-state index contributed by atoms with van der Waals surface area (Å²) >= 11 is 0. The Morgan fingerprint density at radius 1 is 0.821 bits per heavy atom. The average molecular weight is 361 g/mol. The maximum Gasteiger partial charge on any atom is 0.162 e. The lowest BCUT2D eigenvalue weighted by molar-refractivity contribution is 1.16. The van der Waals surface area contributed by atoms with Crippen LogP contribution in [0.5, 0.6) is 0 Å². The first kappa shape index (κ1) is 16.5. The molecule has 0 aliphatic heterocycles. The molecule has 134 valence electrons. The predicted octanol–water partition coefficient (Wildman–Crippen LogP) is 6.10. The smallest absolute Gasteiger partial charge is 0.162 e. The van der Waals surface area contributed by atoms with Crippen molar-refractivity contribution in [3.8, 4) is 17.2 Å². The van der Waals surface area contributed by atoms with Crippen LogP contribution < -0.4 is 0 Å². The molecule has 5 rings (SSSR count). The normalized spacial score (nSPS) is 11.4. The fraction of sp³-hybridized carbons (Fsp3) is 0.120. The van der Waals surface area contributed by atoms with E-state index in [1.54, 1.807) is 0 Å². The molecule has 0 saturated heterocycles. The summed E-state index contributed by atoms with van der Waals surface area (Å²) < 4.78 is 2.12. The van der Waals surface area contributed by atoms with E-state index in [4.69, 9.17) is 0 Å². The molecular weight excluding hydrogens is 342 g/mol. The zero-order valence-electron chi connectivity index (χ0n) is 16.1. The molecule has 0 fully saturated rings. The van der Waals surface area contributed by atoms with Crippen LogP contribution >= 0.6 is 0 Å². The third-order valence-electron chi connectivity index (χ3n) is 5.68. The number of pyridine rings is 1. The second-order valence-electron chi connectivity index (χ2n) is 7.36. The maximum absolute atomic E-state index is 9.49. The molecule has 0 amide bonds. The fourth-order valence-corrected chi connectivity index (χ4v) is 4.37. The standard InChI is InChI=1S/C25H19N3/c1-15-7-6-8-16(2)24(15)18-11-12-23-21(13-18)19-9-4-5-10-20(19)25-27-22(14-26)17(3)28(23)25/h4-13H,1-3H3. The Bertz CT molecular complexity index is 1430. The van der Waals surface area contributed by atoms with Crippen molar-refractivity contribution in [1.29, 1.82) is 5.26 Å². The number of imidazole rings is 1. The van der Waals surface area contributed by atoms with Crippen LogP contribution in [0.1, 0.15) is 22.5 Å². The number of hydrogen-bond acceptors (Lipinski definition) is 2. The molecule has 28 heavy (non-hydrogen) atoms. The van der Waals surface area contributed by atoms with Crippen LogP contribution in [0.3, 0.4) is 0 Å². The zero-order valence-corrected chi connectivity index (χ0v) is 16.1. The maximum atomic E-state index is 9.49. The van der Waals surface area contributed by atoms with Crippen molar-refractivity contribution in [3.63, 3.8) is 0 Å². The second kappa shape index (κ2) is 5.94. The largest absolute Gasteiger partial charge is 0.295 e. The quantitative estimate of drug-likeness (QED) is 0.338. The van der Waals surface area contributed by atoms with Gasteiger partial charge in [-0.15, -0.1) is 0 Å². The number of aryl methyl sites for hydroxylation is 3. The van der Waals surface area contributed by atoms with Crippen molar-refractivity contribution in [2.45, 2.75) is 20.8 Å². The molecule has 5 aromatic rings. The fourth-order valence-electron chi connectivity index (χ4n) is 4.37. The summed E-state index contributed by atoms with van der Waals surface area (Å²) in [7, 11) is 0. The minimum Gasteiger partial charge on any atom is -0.295 e. The van der Waals surface area contributed by atoms with Gasteiger partial charge in [0.2, 0.25) is 0 Å². The van der Waals surface area contributed by atoms with Crippen molar-refractivity contribution in [2.24, 2.45) is 0 Å². The van der Waals surface area contributed by atoms with Gasteiger partial charge in [-0.3, -0.25) is 4.40 Å². The molecule has 0 aliphatic rings. The predicted molar refractivity (Wildman–Crippen MR) is 115 cm³/mol. The van der Waals surface area contributed by atoms with Crippen molar-refractivity contribution in [1.82, 2.24) is 9.38 Å². The second-order valence-corrected chi connectivity index (χ2v) is 7.36. The Labute approximate surface area is 163 Å². The third-order valence-corrected chi connectivity index (χ3v) is 5.68. The number of rotatable bonds is 1. The van der Waals surface area contributed by atoms with Gasteiger partial charge in [0.15, 0.2) is 5.69 Å². The molecular formula is C25H19N3. The molecule has 0 unspecified atom stereocenters. The number of hydrogen-bond donors (Lipinski definition) is 0. The molecule has 0 atom stereocenters. The van der Waals surface area contributed by atoms with E-state index in [2.05, 4.69) is 83.9 Å². The average Bonchev–Trinajstić information content (AvgIpc) is 3.05. The topological polar surface area (TPSA) is 41.1 Å². The number of fused-ring (bicyclic) bond motifs is 6. The van der Waals surface area contributed by atoms with E-state index in [0.29, 0.717) is 5.69 Å². The monoisotopic (exact) mass is 361 g/mol. The lowest BCUT2D eigenvalue weighted by Gasteiger charge is -2.14. The van der Waals surface area contributed by atoms with Gasteiger partial charge in [-0.1, -0.05) is 48.5 Å². The van der Waals surface area contributed by atoms with Gasteiger partial charge in [-0.25, -0.2) is 4.98 Å². The highest BCUT2D eigenvalue weighted by atomic mass is 15.0. The molecule has 0 aliphatic carbocycles. The highest BCUT2D eigenvalue weighted by molar-refractivity contribution is 6.12. The summed E-state index contributed by atoms with van der Waals surface area (Å²) in [6.07, 6.45) is 0. The molecule has 2 aromatic heterocycles. The van der Waals surface area contributed by atoms with Crippen molar-refractivity contribution in [2.75, 3.05) is 0 Å². The molecule has 0 spiro atoms. The molecule has 0 N–H and O–H groups in total. The van der Waals surface area contributed by atoms with Gasteiger partial charge in [0.1, 0.15) is 11.7 Å². The Hall–Kier alpha value is -3.64. The zero-order chi connectivity index (χ0) is 19.4. The van der Waals surface area contributed by atoms with Gasteiger partial charge in [-0.2, -0.15) is 5.26 Å². The van der Waals surface area contributed by atoms with Crippen LogP contribution in [0.4, 0.5) is 0 Å². The Kier molecular flexibility index (Phi) is 3.50. The van der Waals surface area contributed by atoms with Gasteiger partial charge in [0, 0.05) is 10.8 Å². The molecule has 0 saturated carbocycles. The summed E-state index contributed by atoms with van der Waals surface area (Å²) in [6, 6.07) is 23.6. The van der Waals surface area contributed by atoms with Gasteiger partial charge in [0.05, 0.1) is 11.2 Å². The summed E-state index contributed by atoms with van der Waals surface area (Å²) in [5, 5.41) is 12.9. The first-order valence-corrected chi connectivity index (χ1v) is 9.40. The van der Waals surface area contributed by atoms with E-state index in [1.807, 2.05) is 13.0 Å². The summed E-state index contributed by atoms with van der Waals surface area (Å²) in [6.45, 7) is 6.28. The van der Waals surface area contributed by atoms with E-state index < -0.39 is 0 Å². The molecule has 3 heteroatoms.